The van der Waals surface area contributed by atoms with Crippen LogP contribution in [-0.4, -0.2) is 57.6 Å². The van der Waals surface area contributed by atoms with Crippen LogP contribution in [0.3, 0.4) is 0 Å². The predicted molar refractivity (Wildman–Crippen MR) is 128 cm³/mol. The Labute approximate surface area is 216 Å². The quantitative estimate of drug-likeness (QED) is 0.569. The Balaban J connectivity index is 1.40. The molecule has 38 heavy (non-hydrogen) atoms. The molecule has 1 aromatic carbocycles. The Kier molecular flexibility index (Phi) is 6.94. The number of nitrogens with one attached hydrogen (secondary N) is 2. The maximum Gasteiger partial charge on any atom is 0.471 e. The Morgan fingerprint density at radius 3 is 2.61 bits per heavy atom. The van der Waals surface area contributed by atoms with Gasteiger partial charge in [-0.3, -0.25) is 14.4 Å². The molecule has 0 radical (unpaired) electrons. The van der Waals surface area contributed by atoms with Crippen molar-refractivity contribution >= 4 is 28.5 Å². The number of amides is 3. The van der Waals surface area contributed by atoms with Crippen LogP contribution in [0.2, 0.25) is 0 Å². The standard InChI is InChI=1S/C26H27F3N6O3/c27-26(28,29)25(38)33-19(10-14-8-9-14)24(37)35-13-16-5-3-7-18(16)22(35)23(36)32-20(11-30)21-17-6-2-1-4-15(17)12-31-34-21/h1-2,4,6,12,14,16,18-20,22H,3,5,7-10,13H2,(H,32,36)(H,33,38)/t16-,18-,19-,20?,22-/m0/s1. The zero-order valence-electron chi connectivity index (χ0n) is 20.4. The first-order valence-corrected chi connectivity index (χ1v) is 12.8. The third kappa shape index (κ3) is 5.14. The lowest BCUT2D eigenvalue weighted by Gasteiger charge is -2.31. The van der Waals surface area contributed by atoms with Gasteiger partial charge in [0.05, 0.1) is 12.3 Å². The summed E-state index contributed by atoms with van der Waals surface area (Å²) in [4.78, 5) is 40.3. The number of halogens is 3. The van der Waals surface area contributed by atoms with Crippen LogP contribution >= 0.6 is 0 Å². The number of carbonyl (C=O) groups is 3. The van der Waals surface area contributed by atoms with Crippen molar-refractivity contribution in [2.45, 2.75) is 62.8 Å². The number of nitriles is 1. The van der Waals surface area contributed by atoms with Crippen LogP contribution < -0.4 is 10.6 Å². The number of rotatable bonds is 7. The van der Waals surface area contributed by atoms with Gasteiger partial charge in [0.25, 0.3) is 0 Å². The summed E-state index contributed by atoms with van der Waals surface area (Å²) in [7, 11) is 0. The monoisotopic (exact) mass is 528 g/mol. The Hall–Kier alpha value is -3.75. The fourth-order valence-electron chi connectivity index (χ4n) is 5.87. The van der Waals surface area contributed by atoms with Gasteiger partial charge in [-0.25, -0.2) is 0 Å². The van der Waals surface area contributed by atoms with Crippen molar-refractivity contribution in [3.8, 4) is 6.07 Å². The van der Waals surface area contributed by atoms with Crippen molar-refractivity contribution in [1.29, 1.82) is 5.26 Å². The number of nitrogens with zero attached hydrogens (tertiary/aromatic N) is 4. The van der Waals surface area contributed by atoms with Crippen LogP contribution in [0.15, 0.2) is 30.5 Å². The molecule has 3 fully saturated rings. The molecule has 2 saturated carbocycles. The summed E-state index contributed by atoms with van der Waals surface area (Å²) in [6, 6.07) is 5.72. The molecule has 0 spiro atoms. The second-order valence-electron chi connectivity index (χ2n) is 10.4. The number of fused-ring (bicyclic) bond motifs is 2. The van der Waals surface area contributed by atoms with E-state index < -0.39 is 42.0 Å². The lowest BCUT2D eigenvalue weighted by atomic mass is 9.93. The topological polar surface area (TPSA) is 128 Å². The fraction of sp³-hybridized carbons (Fsp3) is 0.538. The van der Waals surface area contributed by atoms with E-state index >= 15 is 0 Å². The molecule has 5 atom stereocenters. The molecule has 9 nitrogen and oxygen atoms in total. The number of alkyl halides is 3. The number of carbonyl (C=O) groups excluding carboxylic acids is 3. The molecule has 1 unspecified atom stereocenters. The van der Waals surface area contributed by atoms with Gasteiger partial charge in [-0.2, -0.15) is 28.6 Å². The van der Waals surface area contributed by atoms with Crippen LogP contribution in [0.5, 0.6) is 0 Å². The highest BCUT2D eigenvalue weighted by Crippen LogP contribution is 2.43. The number of likely N-dealkylation sites (tertiary alicyclic amines) is 1. The summed E-state index contributed by atoms with van der Waals surface area (Å²) in [5.41, 5.74) is 0.266. The Morgan fingerprint density at radius 1 is 1.13 bits per heavy atom. The minimum absolute atomic E-state index is 0.0208. The number of hydrogen-bond acceptors (Lipinski definition) is 6. The first-order chi connectivity index (χ1) is 18.2. The number of hydrogen-bond donors (Lipinski definition) is 2. The van der Waals surface area contributed by atoms with Gasteiger partial charge in [0.2, 0.25) is 11.8 Å². The fourth-order valence-corrected chi connectivity index (χ4v) is 5.87. The highest BCUT2D eigenvalue weighted by Gasteiger charge is 2.52. The van der Waals surface area contributed by atoms with Gasteiger partial charge in [0.1, 0.15) is 17.8 Å². The van der Waals surface area contributed by atoms with E-state index in [4.69, 9.17) is 0 Å². The van der Waals surface area contributed by atoms with Crippen molar-refractivity contribution in [2.75, 3.05) is 6.54 Å². The highest BCUT2D eigenvalue weighted by atomic mass is 19.4. The van der Waals surface area contributed by atoms with Crippen molar-refractivity contribution in [1.82, 2.24) is 25.7 Å². The average molecular weight is 529 g/mol. The predicted octanol–water partition coefficient (Wildman–Crippen LogP) is 2.78. The second kappa shape index (κ2) is 10.2. The first kappa shape index (κ1) is 25.9. The van der Waals surface area contributed by atoms with Gasteiger partial charge < -0.3 is 15.5 Å². The van der Waals surface area contributed by atoms with Crippen LogP contribution in [0, 0.1) is 29.1 Å². The summed E-state index contributed by atoms with van der Waals surface area (Å²) >= 11 is 0. The second-order valence-corrected chi connectivity index (χ2v) is 10.4. The van der Waals surface area contributed by atoms with Crippen LogP contribution in [-0.2, 0) is 14.4 Å². The van der Waals surface area contributed by atoms with Crippen molar-refractivity contribution in [3.63, 3.8) is 0 Å². The zero-order valence-corrected chi connectivity index (χ0v) is 20.4. The van der Waals surface area contributed by atoms with E-state index in [1.807, 2.05) is 17.5 Å². The third-order valence-electron chi connectivity index (χ3n) is 7.86. The molecule has 3 aliphatic rings. The minimum Gasteiger partial charge on any atom is -0.336 e. The molecule has 1 aliphatic heterocycles. The summed E-state index contributed by atoms with van der Waals surface area (Å²) in [6.07, 6.45) is 0.399. The SMILES string of the molecule is N#CC(NC(=O)[C@@H]1[C@H]2CCC[C@H]2CN1C(=O)[C@H](CC1CC1)NC(=O)C(F)(F)F)c1nncc2ccccc12. The van der Waals surface area contributed by atoms with E-state index in [0.29, 0.717) is 11.8 Å². The van der Waals surface area contributed by atoms with E-state index in [9.17, 15) is 32.8 Å². The molecule has 2 N–H and O–H groups in total. The summed E-state index contributed by atoms with van der Waals surface area (Å²) < 4.78 is 39.0. The minimum atomic E-state index is -5.13. The smallest absolute Gasteiger partial charge is 0.336 e. The molecule has 12 heteroatoms. The van der Waals surface area contributed by atoms with E-state index in [1.54, 1.807) is 24.4 Å². The van der Waals surface area contributed by atoms with Crippen LogP contribution in [0.1, 0.15) is 50.3 Å². The van der Waals surface area contributed by atoms with Crippen molar-refractivity contribution in [2.24, 2.45) is 17.8 Å². The Bertz CT molecular complexity index is 1290. The van der Waals surface area contributed by atoms with Crippen molar-refractivity contribution in [3.05, 3.63) is 36.2 Å². The summed E-state index contributed by atoms with van der Waals surface area (Å²) in [5.74, 6) is -3.54. The molecule has 2 aliphatic carbocycles. The van der Waals surface area contributed by atoms with E-state index in [-0.39, 0.29) is 36.4 Å². The zero-order chi connectivity index (χ0) is 27.0. The Morgan fingerprint density at radius 2 is 1.89 bits per heavy atom. The van der Waals surface area contributed by atoms with Gasteiger partial charge in [-0.1, -0.05) is 43.5 Å². The molecule has 1 saturated heterocycles. The number of aromatic nitrogens is 2. The normalized spacial score (nSPS) is 24.4. The third-order valence-corrected chi connectivity index (χ3v) is 7.86. The van der Waals surface area contributed by atoms with Gasteiger partial charge in [-0.15, -0.1) is 0 Å². The van der Waals surface area contributed by atoms with Crippen molar-refractivity contribution < 1.29 is 27.6 Å². The van der Waals surface area contributed by atoms with E-state index in [2.05, 4.69) is 15.5 Å². The molecule has 2 heterocycles. The van der Waals surface area contributed by atoms with Gasteiger partial charge in [0, 0.05) is 17.3 Å². The van der Waals surface area contributed by atoms with Gasteiger partial charge in [-0.05, 0) is 37.0 Å². The van der Waals surface area contributed by atoms with Gasteiger partial charge >= 0.3 is 12.1 Å². The molecule has 2 aromatic rings. The van der Waals surface area contributed by atoms with E-state index in [1.165, 1.54) is 4.90 Å². The average Bonchev–Trinajstić information content (AvgIpc) is 3.47. The van der Waals surface area contributed by atoms with E-state index in [0.717, 1.165) is 31.1 Å². The summed E-state index contributed by atoms with van der Waals surface area (Å²) in [5, 5.41) is 23.9. The van der Waals surface area contributed by atoms with Crippen LogP contribution in [0.25, 0.3) is 10.8 Å². The molecule has 1 aromatic heterocycles. The number of benzene rings is 1. The maximum atomic E-state index is 13.6. The molecular formula is C26H27F3N6O3. The molecular weight excluding hydrogens is 501 g/mol. The lowest BCUT2D eigenvalue weighted by Crippen LogP contribution is -2.56. The molecule has 5 rings (SSSR count). The molecule has 3 amide bonds. The highest BCUT2D eigenvalue weighted by molar-refractivity contribution is 5.94. The van der Waals surface area contributed by atoms with Gasteiger partial charge in [0.15, 0.2) is 6.04 Å². The summed E-state index contributed by atoms with van der Waals surface area (Å²) in [6.45, 7) is 0.218. The molecule has 200 valence electrons. The maximum absolute atomic E-state index is 13.6. The lowest BCUT2D eigenvalue weighted by molar-refractivity contribution is -0.175. The molecule has 0 bridgehead atoms. The van der Waals surface area contributed by atoms with Crippen LogP contribution in [0.4, 0.5) is 13.2 Å². The first-order valence-electron chi connectivity index (χ1n) is 12.8. The largest absolute Gasteiger partial charge is 0.471 e.